The summed E-state index contributed by atoms with van der Waals surface area (Å²) in [5.41, 5.74) is 12.8. The molecule has 2 aliphatic heterocycles. The van der Waals surface area contributed by atoms with Crippen LogP contribution in [0.15, 0.2) is 72.8 Å². The molecule has 6 aliphatic rings. The predicted octanol–water partition coefficient (Wildman–Crippen LogP) is 9.34. The van der Waals surface area contributed by atoms with Crippen LogP contribution in [0.1, 0.15) is 86.5 Å². The van der Waals surface area contributed by atoms with Gasteiger partial charge in [-0.3, -0.25) is 9.59 Å². The summed E-state index contributed by atoms with van der Waals surface area (Å²) in [5, 5.41) is 5.30. The highest BCUT2D eigenvalue weighted by atomic mass is 32.2. The van der Waals surface area contributed by atoms with Gasteiger partial charge in [0.15, 0.2) is 0 Å². The summed E-state index contributed by atoms with van der Waals surface area (Å²) in [7, 11) is 0. The van der Waals surface area contributed by atoms with Crippen molar-refractivity contribution < 1.29 is 37.4 Å². The molecule has 4 bridgehead atoms. The van der Waals surface area contributed by atoms with Gasteiger partial charge in [-0.15, -0.1) is 11.8 Å². The molecule has 12 rings (SSSR count). The molecule has 4 aliphatic carbocycles. The number of rotatable bonds is 14. The molecule has 0 radical (unpaired) electrons. The molecule has 0 unspecified atom stereocenters. The Hall–Kier alpha value is -6.49. The van der Waals surface area contributed by atoms with Gasteiger partial charge in [0.2, 0.25) is 11.8 Å². The number of benzene rings is 4. The number of alkyl carbamates (subject to hydrolysis) is 2. The maximum Gasteiger partial charge on any atom is 0.407 e. The van der Waals surface area contributed by atoms with Crippen LogP contribution in [0.25, 0.3) is 44.3 Å². The standard InChI is InChI=1S/C53H60F2N8O6S/c1-30(2)46(60-52(66)68-22-19-54)50(64)62-21-5-6-44(62)48-56-40-17-15-36(26-42(40)58-48)38-24-32-7-11-34(38)12-8-33-10-14-35(13-9-32)39(25-33)37-16-18-41-43(27-37)59-49(57-41)45-28-70-29-63(45)51(65)47(31(3)4)61-53(67)69-23-20-55/h7,10-11,14-18,24-27,30-31,44-47H,5-6,8-9,12-13,19-23,28-29H2,1-4H3,(H,56,58)(H,57,59)(H,60,66)(H,61,67)/t44-,45-,46-,47-/m0/s1. The van der Waals surface area contributed by atoms with Crippen molar-refractivity contribution >= 4 is 57.8 Å². The van der Waals surface area contributed by atoms with Gasteiger partial charge in [0, 0.05) is 12.3 Å². The molecule has 4 atom stereocenters. The molecule has 2 fully saturated rings. The predicted molar refractivity (Wildman–Crippen MR) is 267 cm³/mol. The minimum absolute atomic E-state index is 0.209. The zero-order valence-corrected chi connectivity index (χ0v) is 40.8. The summed E-state index contributed by atoms with van der Waals surface area (Å²) in [5.74, 6) is 1.62. The lowest BCUT2D eigenvalue weighted by atomic mass is 9.87. The first kappa shape index (κ1) is 48.5. The number of imidazole rings is 2. The van der Waals surface area contributed by atoms with Gasteiger partial charge in [-0.25, -0.2) is 28.3 Å². The number of hydrogen-bond acceptors (Lipinski definition) is 9. The molecule has 2 saturated heterocycles. The number of carbonyl (C=O) groups is 4. The number of fused-ring (bicyclic) bond motifs is 2. The molecule has 14 nitrogen and oxygen atoms in total. The number of hydrogen-bond donors (Lipinski definition) is 4. The maximum atomic E-state index is 13.9. The molecule has 0 saturated carbocycles. The molecular formula is C53H60F2N8O6S. The molecular weight excluding hydrogens is 915 g/mol. The highest BCUT2D eigenvalue weighted by Gasteiger charge is 2.39. The highest BCUT2D eigenvalue weighted by Crippen LogP contribution is 2.38. The van der Waals surface area contributed by atoms with Crippen LogP contribution in [-0.4, -0.2) is 111 Å². The molecule has 4 aromatic carbocycles. The third-order valence-electron chi connectivity index (χ3n) is 13.7. The summed E-state index contributed by atoms with van der Waals surface area (Å²) >= 11 is 1.63. The normalized spacial score (nSPS) is 17.8. The zero-order chi connectivity index (χ0) is 49.1. The van der Waals surface area contributed by atoms with Crippen molar-refractivity contribution in [1.82, 2.24) is 40.4 Å². The van der Waals surface area contributed by atoms with Gasteiger partial charge < -0.3 is 39.9 Å². The minimum atomic E-state index is -0.832. The first-order valence-corrected chi connectivity index (χ1v) is 25.5. The average molecular weight is 975 g/mol. The summed E-state index contributed by atoms with van der Waals surface area (Å²) in [6.07, 6.45) is 3.22. The van der Waals surface area contributed by atoms with Gasteiger partial charge in [-0.1, -0.05) is 76.2 Å². The van der Waals surface area contributed by atoms with E-state index in [0.29, 0.717) is 29.8 Å². The number of aryl methyl sites for hydroxylation is 4. The number of halogens is 2. The van der Waals surface area contributed by atoms with Crippen LogP contribution in [0.2, 0.25) is 0 Å². The molecule has 4 amide bonds. The Kier molecular flexibility index (Phi) is 14.7. The van der Waals surface area contributed by atoms with Crippen LogP contribution in [0.5, 0.6) is 0 Å². The zero-order valence-electron chi connectivity index (χ0n) is 40.0. The van der Waals surface area contributed by atoms with Gasteiger partial charge in [0.1, 0.15) is 50.3 Å². The number of nitrogens with one attached hydrogen (secondary N) is 4. The van der Waals surface area contributed by atoms with E-state index in [1.807, 2.05) is 27.7 Å². The van der Waals surface area contributed by atoms with Gasteiger partial charge >= 0.3 is 12.2 Å². The van der Waals surface area contributed by atoms with Crippen LogP contribution in [0.4, 0.5) is 18.4 Å². The number of H-pyrrole nitrogens is 2. The molecule has 6 aromatic rings. The van der Waals surface area contributed by atoms with Crippen LogP contribution in [0, 0.1) is 11.8 Å². The van der Waals surface area contributed by atoms with Gasteiger partial charge in [0.05, 0.1) is 40.0 Å². The molecule has 70 heavy (non-hydrogen) atoms. The highest BCUT2D eigenvalue weighted by molar-refractivity contribution is 7.99. The lowest BCUT2D eigenvalue weighted by Crippen LogP contribution is -2.51. The number of amides is 4. The van der Waals surface area contributed by atoms with Crippen LogP contribution in [-0.2, 0) is 44.7 Å². The first-order valence-electron chi connectivity index (χ1n) is 24.3. The van der Waals surface area contributed by atoms with Gasteiger partial charge in [-0.05, 0) is 119 Å². The second kappa shape index (κ2) is 21.2. The Balaban J connectivity index is 0.920. The van der Waals surface area contributed by atoms with E-state index in [2.05, 4.69) is 93.4 Å². The lowest BCUT2D eigenvalue weighted by molar-refractivity contribution is -0.136. The molecule has 0 spiro atoms. The topological polar surface area (TPSA) is 175 Å². The third kappa shape index (κ3) is 10.4. The summed E-state index contributed by atoms with van der Waals surface area (Å²) in [6, 6.07) is 24.0. The second-order valence-electron chi connectivity index (χ2n) is 19.1. The number of alkyl halides is 2. The Morgan fingerprint density at radius 2 is 1.17 bits per heavy atom. The number of nitrogens with zero attached hydrogens (tertiary/aromatic N) is 4. The fourth-order valence-electron chi connectivity index (χ4n) is 9.98. The van der Waals surface area contributed by atoms with Crippen molar-refractivity contribution in [2.75, 3.05) is 44.7 Å². The molecule has 4 N–H and O–H groups in total. The second-order valence-corrected chi connectivity index (χ2v) is 20.1. The van der Waals surface area contributed by atoms with E-state index < -0.39 is 37.6 Å². The van der Waals surface area contributed by atoms with Gasteiger partial charge in [-0.2, -0.15) is 0 Å². The Morgan fingerprint density at radius 3 is 1.67 bits per heavy atom. The number of thioether (sulfide) groups is 1. The fourth-order valence-corrected chi connectivity index (χ4v) is 11.1. The number of likely N-dealkylation sites (tertiary alicyclic amines) is 1. The first-order chi connectivity index (χ1) is 33.9. The van der Waals surface area contributed by atoms with E-state index in [1.54, 1.807) is 21.6 Å². The van der Waals surface area contributed by atoms with E-state index in [-0.39, 0.29) is 48.9 Å². The smallest absolute Gasteiger partial charge is 0.407 e. The van der Waals surface area contributed by atoms with E-state index in [9.17, 15) is 28.0 Å². The number of aromatic nitrogens is 4. The van der Waals surface area contributed by atoms with E-state index in [4.69, 9.17) is 19.4 Å². The van der Waals surface area contributed by atoms with E-state index in [1.165, 1.54) is 33.4 Å². The molecule has 368 valence electrons. The van der Waals surface area contributed by atoms with Crippen molar-refractivity contribution in [3.63, 3.8) is 0 Å². The third-order valence-corrected chi connectivity index (χ3v) is 14.7. The number of carbonyl (C=O) groups excluding carboxylic acids is 4. The monoisotopic (exact) mass is 974 g/mol. The van der Waals surface area contributed by atoms with Crippen LogP contribution in [0.3, 0.4) is 0 Å². The Morgan fingerprint density at radius 1 is 0.671 bits per heavy atom. The van der Waals surface area contributed by atoms with Crippen molar-refractivity contribution in [3.05, 3.63) is 107 Å². The maximum absolute atomic E-state index is 13.9. The number of ether oxygens (including phenoxy) is 2. The average Bonchev–Trinajstić information content (AvgIpc) is 4.19. The van der Waals surface area contributed by atoms with Crippen LogP contribution < -0.4 is 10.6 Å². The van der Waals surface area contributed by atoms with E-state index >= 15 is 0 Å². The minimum Gasteiger partial charge on any atom is -0.447 e. The van der Waals surface area contributed by atoms with Crippen LogP contribution >= 0.6 is 11.8 Å². The quantitative estimate of drug-likeness (QED) is 0.0829. The Bertz CT molecular complexity index is 2710. The van der Waals surface area contributed by atoms with Gasteiger partial charge in [0.25, 0.3) is 0 Å². The largest absolute Gasteiger partial charge is 0.447 e. The molecule has 4 heterocycles. The Labute approximate surface area is 410 Å². The molecule has 2 aromatic heterocycles. The summed E-state index contributed by atoms with van der Waals surface area (Å²) in [6.45, 7) is 5.63. The van der Waals surface area contributed by atoms with E-state index in [0.717, 1.165) is 71.7 Å². The number of aromatic amines is 2. The van der Waals surface area contributed by atoms with Crippen molar-refractivity contribution in [2.45, 2.75) is 90.4 Å². The fraction of sp³-hybridized carbons (Fsp3) is 0.434. The van der Waals surface area contributed by atoms with Crippen molar-refractivity contribution in [2.24, 2.45) is 11.8 Å². The summed E-state index contributed by atoms with van der Waals surface area (Å²) < 4.78 is 35.1. The van der Waals surface area contributed by atoms with Crippen molar-refractivity contribution in [3.8, 4) is 22.3 Å². The summed E-state index contributed by atoms with van der Waals surface area (Å²) in [4.78, 5) is 73.1. The lowest BCUT2D eigenvalue weighted by Gasteiger charge is -2.30. The SMILES string of the molecule is CC(C)[C@H](NC(=O)OCCF)C(=O)N1CCC[C@H]1c1nc2cc(-c3cc4ccc3CCc3ccc(c(-c5ccc6[nH]c([C@@H]7CSCN7C(=O)[C@@H](NC(=O)OCCF)C(C)C)nc6c5)c3)CC4)ccc2[nH]1. The molecule has 17 heteroatoms. The van der Waals surface area contributed by atoms with Crippen molar-refractivity contribution in [1.29, 1.82) is 0 Å².